The molecular weight excluding hydrogens is 164 g/mol. The molecule has 0 amide bonds. The molecule has 1 aliphatic rings. The van der Waals surface area contributed by atoms with Gasteiger partial charge in [0, 0.05) is 6.54 Å². The molecule has 1 atom stereocenters. The predicted molar refractivity (Wildman–Crippen MR) is 50.2 cm³/mol. The molecule has 0 saturated carbocycles. The molecule has 70 valence electrons. The van der Waals surface area contributed by atoms with Crippen molar-refractivity contribution < 1.29 is 0 Å². The highest BCUT2D eigenvalue weighted by Gasteiger charge is 2.20. The molecule has 1 saturated heterocycles. The average Bonchev–Trinajstić information content (AvgIpc) is 2.71. The summed E-state index contributed by atoms with van der Waals surface area (Å²) in [7, 11) is 0. The Morgan fingerprint density at radius 1 is 1.77 bits per heavy atom. The van der Waals surface area contributed by atoms with Crippen LogP contribution in [-0.2, 0) is 6.54 Å². The Hall–Kier alpha value is -1.16. The van der Waals surface area contributed by atoms with Crippen LogP contribution in [0.1, 0.15) is 24.7 Å². The highest BCUT2D eigenvalue weighted by atomic mass is 15.3. The summed E-state index contributed by atoms with van der Waals surface area (Å²) in [5.41, 5.74) is 0. The van der Waals surface area contributed by atoms with E-state index in [4.69, 9.17) is 0 Å². The molecule has 2 heterocycles. The fraction of sp³-hybridized carbons (Fsp3) is 0.556. The van der Waals surface area contributed by atoms with Crippen LogP contribution in [0.25, 0.3) is 0 Å². The summed E-state index contributed by atoms with van der Waals surface area (Å²) >= 11 is 0. The third-order valence-corrected chi connectivity index (χ3v) is 2.34. The molecule has 1 fully saturated rings. The van der Waals surface area contributed by atoms with E-state index in [0.29, 0.717) is 6.04 Å². The van der Waals surface area contributed by atoms with E-state index in [-0.39, 0.29) is 0 Å². The molecule has 13 heavy (non-hydrogen) atoms. The lowest BCUT2D eigenvalue weighted by Crippen LogP contribution is -2.17. The zero-order valence-corrected chi connectivity index (χ0v) is 7.61. The Bertz CT molecular complexity index is 286. The Balaban J connectivity index is 2.17. The summed E-state index contributed by atoms with van der Waals surface area (Å²) in [6.07, 6.45) is 6.01. The van der Waals surface area contributed by atoms with Crippen molar-refractivity contribution in [2.45, 2.75) is 25.4 Å². The second-order valence-electron chi connectivity index (χ2n) is 3.28. The van der Waals surface area contributed by atoms with E-state index in [1.807, 2.05) is 10.6 Å². The lowest BCUT2D eigenvalue weighted by atomic mass is 10.2. The van der Waals surface area contributed by atoms with E-state index in [1.165, 1.54) is 6.42 Å². The molecule has 0 radical (unpaired) electrons. The molecule has 1 aromatic rings. The van der Waals surface area contributed by atoms with Gasteiger partial charge >= 0.3 is 0 Å². The minimum atomic E-state index is 0.391. The van der Waals surface area contributed by atoms with E-state index >= 15 is 0 Å². The van der Waals surface area contributed by atoms with E-state index in [2.05, 4.69) is 22.1 Å². The number of rotatable bonds is 3. The molecule has 0 bridgehead atoms. The van der Waals surface area contributed by atoms with Crippen molar-refractivity contribution in [2.24, 2.45) is 0 Å². The van der Waals surface area contributed by atoms with Gasteiger partial charge in [-0.3, -0.25) is 0 Å². The predicted octanol–water partition coefficient (Wildman–Crippen LogP) is 0.889. The van der Waals surface area contributed by atoms with Crippen LogP contribution in [0.3, 0.4) is 0 Å². The summed E-state index contributed by atoms with van der Waals surface area (Å²) < 4.78 is 2.04. The number of hydrogen-bond donors (Lipinski definition) is 1. The van der Waals surface area contributed by atoms with Crippen molar-refractivity contribution >= 4 is 0 Å². The summed E-state index contributed by atoms with van der Waals surface area (Å²) in [5.74, 6) is 1.04. The van der Waals surface area contributed by atoms with Gasteiger partial charge in [-0.25, -0.2) is 0 Å². The third-order valence-electron chi connectivity index (χ3n) is 2.34. The van der Waals surface area contributed by atoms with Crippen molar-refractivity contribution in [1.82, 2.24) is 20.1 Å². The van der Waals surface area contributed by atoms with Crippen LogP contribution in [0.5, 0.6) is 0 Å². The molecule has 0 spiro atoms. The first-order chi connectivity index (χ1) is 6.42. The lowest BCUT2D eigenvalue weighted by molar-refractivity contribution is 0.567. The monoisotopic (exact) mass is 178 g/mol. The van der Waals surface area contributed by atoms with Gasteiger partial charge in [0.2, 0.25) is 0 Å². The van der Waals surface area contributed by atoms with Gasteiger partial charge in [-0.05, 0) is 19.4 Å². The molecule has 1 aliphatic heterocycles. The number of allylic oxidation sites excluding steroid dienone is 1. The van der Waals surface area contributed by atoms with Crippen LogP contribution in [0.15, 0.2) is 19.0 Å². The Morgan fingerprint density at radius 2 is 2.69 bits per heavy atom. The zero-order valence-electron chi connectivity index (χ0n) is 7.61. The van der Waals surface area contributed by atoms with Crippen LogP contribution >= 0.6 is 0 Å². The standard InChI is InChI=1S/C9H14N4/c1-2-6-13-7-11-12-9(13)8-4-3-5-10-8/h2,7-8,10H,1,3-6H2. The average molecular weight is 178 g/mol. The van der Waals surface area contributed by atoms with Gasteiger partial charge in [-0.2, -0.15) is 0 Å². The molecule has 0 aliphatic carbocycles. The zero-order chi connectivity index (χ0) is 9.10. The van der Waals surface area contributed by atoms with Crippen molar-refractivity contribution in [3.8, 4) is 0 Å². The first-order valence-corrected chi connectivity index (χ1v) is 4.64. The van der Waals surface area contributed by atoms with Crippen LogP contribution in [0.2, 0.25) is 0 Å². The molecule has 1 unspecified atom stereocenters. The highest BCUT2D eigenvalue weighted by molar-refractivity contribution is 4.98. The van der Waals surface area contributed by atoms with Crippen LogP contribution < -0.4 is 5.32 Å². The maximum atomic E-state index is 4.12. The maximum Gasteiger partial charge on any atom is 0.150 e. The summed E-state index contributed by atoms with van der Waals surface area (Å²) in [4.78, 5) is 0. The first-order valence-electron chi connectivity index (χ1n) is 4.64. The summed E-state index contributed by atoms with van der Waals surface area (Å²) in [6, 6.07) is 0.391. The largest absolute Gasteiger partial charge is 0.312 e. The van der Waals surface area contributed by atoms with Crippen molar-refractivity contribution in [1.29, 1.82) is 0 Å². The van der Waals surface area contributed by atoms with Gasteiger partial charge in [0.15, 0.2) is 0 Å². The molecule has 4 nitrogen and oxygen atoms in total. The molecule has 1 aromatic heterocycles. The molecular formula is C9H14N4. The normalized spacial score (nSPS) is 22.0. The van der Waals surface area contributed by atoms with Gasteiger partial charge in [0.1, 0.15) is 12.2 Å². The van der Waals surface area contributed by atoms with Crippen molar-refractivity contribution in [2.75, 3.05) is 6.54 Å². The summed E-state index contributed by atoms with van der Waals surface area (Å²) in [6.45, 7) is 5.59. The Labute approximate surface area is 77.7 Å². The van der Waals surface area contributed by atoms with E-state index in [1.54, 1.807) is 6.33 Å². The highest BCUT2D eigenvalue weighted by Crippen LogP contribution is 2.20. The first kappa shape index (κ1) is 8.44. The van der Waals surface area contributed by atoms with E-state index in [0.717, 1.165) is 25.3 Å². The van der Waals surface area contributed by atoms with Gasteiger partial charge in [-0.1, -0.05) is 6.08 Å². The van der Waals surface area contributed by atoms with Gasteiger partial charge in [0.05, 0.1) is 6.04 Å². The topological polar surface area (TPSA) is 42.7 Å². The lowest BCUT2D eigenvalue weighted by Gasteiger charge is -2.09. The number of hydrogen-bond acceptors (Lipinski definition) is 3. The SMILES string of the molecule is C=CCn1cnnc1C1CCCN1. The quantitative estimate of drug-likeness (QED) is 0.699. The summed E-state index contributed by atoms with van der Waals surface area (Å²) in [5, 5.41) is 11.4. The molecule has 2 rings (SSSR count). The van der Waals surface area contributed by atoms with Crippen LogP contribution in [0.4, 0.5) is 0 Å². The third kappa shape index (κ3) is 1.62. The van der Waals surface area contributed by atoms with Crippen LogP contribution in [-0.4, -0.2) is 21.3 Å². The van der Waals surface area contributed by atoms with E-state index < -0.39 is 0 Å². The minimum Gasteiger partial charge on any atom is -0.312 e. The van der Waals surface area contributed by atoms with Crippen LogP contribution in [0, 0.1) is 0 Å². The molecule has 4 heteroatoms. The maximum absolute atomic E-state index is 4.12. The fourth-order valence-corrected chi connectivity index (χ4v) is 1.72. The second kappa shape index (κ2) is 3.70. The van der Waals surface area contributed by atoms with Crippen molar-refractivity contribution in [3.05, 3.63) is 24.8 Å². The molecule has 0 aromatic carbocycles. The number of nitrogens with zero attached hydrogens (tertiary/aromatic N) is 3. The van der Waals surface area contributed by atoms with Gasteiger partial charge < -0.3 is 9.88 Å². The van der Waals surface area contributed by atoms with Gasteiger partial charge in [0.25, 0.3) is 0 Å². The number of nitrogens with one attached hydrogen (secondary N) is 1. The smallest absolute Gasteiger partial charge is 0.150 e. The number of aromatic nitrogens is 3. The fourth-order valence-electron chi connectivity index (χ4n) is 1.72. The van der Waals surface area contributed by atoms with Gasteiger partial charge in [-0.15, -0.1) is 16.8 Å². The second-order valence-corrected chi connectivity index (χ2v) is 3.28. The Morgan fingerprint density at radius 3 is 3.38 bits per heavy atom. The minimum absolute atomic E-state index is 0.391. The van der Waals surface area contributed by atoms with Crippen molar-refractivity contribution in [3.63, 3.8) is 0 Å². The van der Waals surface area contributed by atoms with E-state index in [9.17, 15) is 0 Å². The Kier molecular flexibility index (Phi) is 2.40. The molecule has 1 N–H and O–H groups in total.